The molecule has 0 aromatic carbocycles. The predicted molar refractivity (Wildman–Crippen MR) is 161 cm³/mol. The number of ether oxygens (including phenoxy) is 2. The third kappa shape index (κ3) is 6.97. The molecule has 0 radical (unpaired) electrons. The van der Waals surface area contributed by atoms with Crippen molar-refractivity contribution in [2.75, 3.05) is 57.7 Å². The fraction of sp³-hybridized carbons (Fsp3) is 0.607. The van der Waals surface area contributed by atoms with Crippen molar-refractivity contribution in [2.45, 2.75) is 64.5 Å². The van der Waals surface area contributed by atoms with Crippen molar-refractivity contribution >= 4 is 33.6 Å². The molecule has 3 amide bonds. The van der Waals surface area contributed by atoms with Crippen LogP contribution in [-0.4, -0.2) is 113 Å². The molecule has 0 aliphatic carbocycles. The maximum atomic E-state index is 13.7. The molecule has 2 aliphatic rings. The van der Waals surface area contributed by atoms with Gasteiger partial charge in [-0.2, -0.15) is 9.40 Å². The number of hydrogen-bond acceptors (Lipinski definition) is 10. The average molecular weight is 635 g/mol. The maximum absolute atomic E-state index is 13.7. The third-order valence-electron chi connectivity index (χ3n) is 7.44. The van der Waals surface area contributed by atoms with Crippen LogP contribution in [0.2, 0.25) is 0 Å². The van der Waals surface area contributed by atoms with Crippen LogP contribution in [0.25, 0.3) is 0 Å². The Labute approximate surface area is 257 Å². The van der Waals surface area contributed by atoms with Gasteiger partial charge in [-0.15, -0.1) is 0 Å². The lowest BCUT2D eigenvalue weighted by molar-refractivity contribution is -0.000796. The molecule has 44 heavy (non-hydrogen) atoms. The smallest absolute Gasteiger partial charge is 0.410 e. The molecule has 0 spiro atoms. The van der Waals surface area contributed by atoms with Crippen LogP contribution in [-0.2, 0) is 21.2 Å². The van der Waals surface area contributed by atoms with Crippen LogP contribution in [0.4, 0.5) is 10.5 Å². The van der Waals surface area contributed by atoms with Crippen LogP contribution in [0.15, 0.2) is 17.2 Å². The van der Waals surface area contributed by atoms with E-state index in [1.807, 2.05) is 13.8 Å². The first-order valence-corrected chi connectivity index (χ1v) is 16.2. The molecule has 3 N–H and O–H groups in total. The number of nitrogens with zero attached hydrogens (tertiary/aromatic N) is 6. The number of aromatic nitrogens is 3. The van der Waals surface area contributed by atoms with Gasteiger partial charge in [0.05, 0.1) is 30.2 Å². The molecule has 16 heteroatoms. The van der Waals surface area contributed by atoms with Crippen LogP contribution in [0.1, 0.15) is 74.1 Å². The highest BCUT2D eigenvalue weighted by Gasteiger charge is 2.38. The van der Waals surface area contributed by atoms with Crippen LogP contribution < -0.4 is 15.8 Å². The minimum absolute atomic E-state index is 0.0576. The van der Waals surface area contributed by atoms with Crippen molar-refractivity contribution in [3.8, 4) is 5.88 Å². The van der Waals surface area contributed by atoms with E-state index in [0.29, 0.717) is 51.4 Å². The molecule has 0 saturated carbocycles. The van der Waals surface area contributed by atoms with E-state index in [9.17, 15) is 22.8 Å². The van der Waals surface area contributed by atoms with Crippen LogP contribution >= 0.6 is 0 Å². The summed E-state index contributed by atoms with van der Waals surface area (Å²) in [5.74, 6) is -1.66. The molecular formula is C28H42N8O7S. The molecular weight excluding hydrogens is 592 g/mol. The number of nitrogens with one attached hydrogen (secondary N) is 1. The van der Waals surface area contributed by atoms with E-state index in [1.165, 1.54) is 21.5 Å². The predicted octanol–water partition coefficient (Wildman–Crippen LogP) is 1.71. The number of hydrogen-bond donors (Lipinski definition) is 2. The summed E-state index contributed by atoms with van der Waals surface area (Å²) in [7, 11) is -3.94. The molecule has 0 atom stereocenters. The molecule has 2 aromatic rings. The minimum Gasteiger partial charge on any atom is -0.477 e. The van der Waals surface area contributed by atoms with E-state index in [-0.39, 0.29) is 40.4 Å². The van der Waals surface area contributed by atoms with Crippen LogP contribution in [0.5, 0.6) is 5.88 Å². The van der Waals surface area contributed by atoms with E-state index in [1.54, 1.807) is 32.4 Å². The van der Waals surface area contributed by atoms with Crippen molar-refractivity contribution in [2.24, 2.45) is 5.73 Å². The normalized spacial score (nSPS) is 16.8. The Bertz CT molecular complexity index is 1500. The number of sulfonamides is 1. The lowest BCUT2D eigenvalue weighted by atomic mass is 10.1. The van der Waals surface area contributed by atoms with Gasteiger partial charge in [-0.25, -0.2) is 18.2 Å². The Morgan fingerprint density at radius 2 is 1.75 bits per heavy atom. The lowest BCUT2D eigenvalue weighted by Crippen LogP contribution is -2.52. The molecule has 2 saturated heterocycles. The summed E-state index contributed by atoms with van der Waals surface area (Å²) >= 11 is 0. The summed E-state index contributed by atoms with van der Waals surface area (Å²) in [6.45, 7) is 14.3. The first kappa shape index (κ1) is 33.1. The quantitative estimate of drug-likeness (QED) is 0.390. The molecule has 4 rings (SSSR count). The monoisotopic (exact) mass is 634 g/mol. The second-order valence-corrected chi connectivity index (χ2v) is 13.6. The SMILES string of the molecule is CCOc1ncc(S(=O)(=O)N2CCN(CC)CC2)cc1C(=O)Nc1c(C(N)=O)nn(C2CN(C(=O)OC(C)(C)C)C2)c1CC. The van der Waals surface area contributed by atoms with Crippen molar-refractivity contribution < 1.29 is 32.3 Å². The van der Waals surface area contributed by atoms with E-state index in [4.69, 9.17) is 15.2 Å². The van der Waals surface area contributed by atoms with Crippen molar-refractivity contribution in [3.63, 3.8) is 0 Å². The highest BCUT2D eigenvalue weighted by atomic mass is 32.2. The molecule has 2 aliphatic heterocycles. The zero-order chi connectivity index (χ0) is 32.4. The minimum atomic E-state index is -3.94. The van der Waals surface area contributed by atoms with Gasteiger partial charge in [0.25, 0.3) is 11.8 Å². The van der Waals surface area contributed by atoms with Gasteiger partial charge in [0.2, 0.25) is 15.9 Å². The van der Waals surface area contributed by atoms with Crippen molar-refractivity contribution in [1.29, 1.82) is 0 Å². The summed E-state index contributed by atoms with van der Waals surface area (Å²) in [6, 6.07) is 0.961. The van der Waals surface area contributed by atoms with E-state index < -0.39 is 33.5 Å². The van der Waals surface area contributed by atoms with E-state index in [2.05, 4.69) is 20.3 Å². The lowest BCUT2D eigenvalue weighted by Gasteiger charge is -2.40. The summed E-state index contributed by atoms with van der Waals surface area (Å²) in [6.07, 6.45) is 1.09. The number of rotatable bonds is 10. The number of amides is 3. The highest BCUT2D eigenvalue weighted by molar-refractivity contribution is 7.89. The summed E-state index contributed by atoms with van der Waals surface area (Å²) in [5, 5.41) is 7.13. The van der Waals surface area contributed by atoms with Crippen LogP contribution in [0, 0.1) is 0 Å². The molecule has 2 aromatic heterocycles. The average Bonchev–Trinajstić information content (AvgIpc) is 3.29. The van der Waals surface area contributed by atoms with Gasteiger partial charge in [-0.1, -0.05) is 13.8 Å². The number of piperazine rings is 1. The van der Waals surface area contributed by atoms with Crippen molar-refractivity contribution in [3.05, 3.63) is 29.2 Å². The van der Waals surface area contributed by atoms with Gasteiger partial charge >= 0.3 is 6.09 Å². The maximum Gasteiger partial charge on any atom is 0.410 e. The first-order valence-electron chi connectivity index (χ1n) is 14.8. The van der Waals surface area contributed by atoms with Gasteiger partial charge in [0.15, 0.2) is 5.69 Å². The number of primary amides is 1. The highest BCUT2D eigenvalue weighted by Crippen LogP contribution is 2.31. The summed E-state index contributed by atoms with van der Waals surface area (Å²) in [5.41, 5.74) is 5.36. The Hall–Kier alpha value is -3.76. The molecule has 2 fully saturated rings. The topological polar surface area (TPSA) is 182 Å². The Balaban J connectivity index is 1.62. The van der Waals surface area contributed by atoms with Gasteiger partial charge in [0.1, 0.15) is 16.1 Å². The number of likely N-dealkylation sites (N-methyl/N-ethyl adjacent to an activating group) is 1. The number of nitrogens with two attached hydrogens (primary N) is 1. The summed E-state index contributed by atoms with van der Waals surface area (Å²) in [4.78, 5) is 46.3. The zero-order valence-electron chi connectivity index (χ0n) is 26.1. The molecule has 15 nitrogen and oxygen atoms in total. The Kier molecular flexibility index (Phi) is 9.85. The fourth-order valence-electron chi connectivity index (χ4n) is 5.10. The number of carbonyl (C=O) groups is 3. The first-order chi connectivity index (χ1) is 20.7. The Morgan fingerprint density at radius 1 is 1.09 bits per heavy atom. The van der Waals surface area contributed by atoms with Gasteiger partial charge in [0, 0.05) is 39.3 Å². The molecule has 0 unspecified atom stereocenters. The van der Waals surface area contributed by atoms with Gasteiger partial charge < -0.3 is 30.3 Å². The van der Waals surface area contributed by atoms with Crippen molar-refractivity contribution in [1.82, 2.24) is 28.9 Å². The molecule has 242 valence electrons. The number of carbonyl (C=O) groups excluding carboxylic acids is 3. The second-order valence-electron chi connectivity index (χ2n) is 11.6. The zero-order valence-corrected chi connectivity index (χ0v) is 26.9. The second kappa shape index (κ2) is 13.1. The number of pyridine rings is 1. The summed E-state index contributed by atoms with van der Waals surface area (Å²) < 4.78 is 40.9. The number of anilines is 1. The third-order valence-corrected chi connectivity index (χ3v) is 9.31. The number of likely N-dealkylation sites (tertiary alicyclic amines) is 1. The Morgan fingerprint density at radius 3 is 2.30 bits per heavy atom. The van der Waals surface area contributed by atoms with Crippen LogP contribution in [0.3, 0.4) is 0 Å². The van der Waals surface area contributed by atoms with E-state index >= 15 is 0 Å². The standard InChI is InChI=1S/C28H42N8O7S/c1-7-21-22(23(24(29)37)32-36(21)18-16-34(17-18)27(39)43-28(4,5)6)31-25(38)20-14-19(15-30-26(20)42-9-3)44(40,41)35-12-10-33(8-2)11-13-35/h14-15,18H,7-13,16-17H2,1-6H3,(H2,29,37)(H,31,38). The largest absolute Gasteiger partial charge is 0.477 e. The van der Waals surface area contributed by atoms with E-state index in [0.717, 1.165) is 6.54 Å². The van der Waals surface area contributed by atoms with Gasteiger partial charge in [-0.3, -0.25) is 14.3 Å². The van der Waals surface area contributed by atoms with Gasteiger partial charge in [-0.05, 0) is 46.7 Å². The fourth-order valence-corrected chi connectivity index (χ4v) is 6.50. The molecule has 0 bridgehead atoms. The molecule has 4 heterocycles.